The summed E-state index contributed by atoms with van der Waals surface area (Å²) in [5.74, 6) is 0.850. The Bertz CT molecular complexity index is 745. The van der Waals surface area contributed by atoms with Gasteiger partial charge in [-0.05, 0) is 37.4 Å². The molecular weight excluding hydrogens is 421 g/mol. The Morgan fingerprint density at radius 3 is 2.68 bits per heavy atom. The van der Waals surface area contributed by atoms with E-state index in [0.717, 1.165) is 6.42 Å². The molecule has 2 unspecified atom stereocenters. The second kappa shape index (κ2) is 10.3. The van der Waals surface area contributed by atoms with Crippen LogP contribution in [-0.4, -0.2) is 76.0 Å². The fourth-order valence-electron chi connectivity index (χ4n) is 4.12. The quantitative estimate of drug-likeness (QED) is 0.381. The third kappa shape index (κ3) is 7.12. The van der Waals surface area contributed by atoms with E-state index in [1.165, 1.54) is 11.0 Å². The lowest BCUT2D eigenvalue weighted by molar-refractivity contribution is -0.143. The summed E-state index contributed by atoms with van der Waals surface area (Å²) in [6.07, 6.45) is -2.68. The van der Waals surface area contributed by atoms with E-state index in [-0.39, 0.29) is 17.7 Å². The van der Waals surface area contributed by atoms with Crippen LogP contribution in [0, 0.1) is 5.92 Å². The largest absolute Gasteiger partial charge is 0.433 e. The van der Waals surface area contributed by atoms with Gasteiger partial charge in [-0.2, -0.15) is 22.0 Å². The minimum absolute atomic E-state index is 0.0520. The van der Waals surface area contributed by atoms with Crippen molar-refractivity contribution in [3.8, 4) is 5.75 Å². The molecule has 0 aliphatic carbocycles. The molecule has 0 aromatic heterocycles. The first-order valence-corrected chi connectivity index (χ1v) is 10.3. The molecule has 2 aliphatic rings. The first-order chi connectivity index (χ1) is 14.7. The van der Waals surface area contributed by atoms with Gasteiger partial charge in [-0.1, -0.05) is 12.1 Å². The van der Waals surface area contributed by atoms with Crippen LogP contribution in [0.3, 0.4) is 0 Å². The maximum absolute atomic E-state index is 12.7. The molecule has 0 radical (unpaired) electrons. The van der Waals surface area contributed by atoms with Crippen LogP contribution < -0.4 is 20.3 Å². The summed E-state index contributed by atoms with van der Waals surface area (Å²) in [7, 11) is 1.64. The van der Waals surface area contributed by atoms with Gasteiger partial charge in [0.15, 0.2) is 5.96 Å². The van der Waals surface area contributed by atoms with Crippen LogP contribution in [-0.2, 0) is 0 Å². The number of alkyl halides is 5. The molecule has 2 fully saturated rings. The van der Waals surface area contributed by atoms with Crippen LogP contribution in [0.4, 0.5) is 27.6 Å². The Morgan fingerprint density at radius 1 is 1.19 bits per heavy atom. The number of nitrogens with one attached hydrogen (secondary N) is 2. The number of para-hydroxylation sites is 2. The molecule has 2 atom stereocenters. The first kappa shape index (κ1) is 23.4. The molecule has 2 aliphatic heterocycles. The van der Waals surface area contributed by atoms with Crippen molar-refractivity contribution in [2.24, 2.45) is 10.9 Å². The molecule has 11 heteroatoms. The molecule has 2 N–H and O–H groups in total. The van der Waals surface area contributed by atoms with Gasteiger partial charge < -0.3 is 20.3 Å². The summed E-state index contributed by atoms with van der Waals surface area (Å²) < 4.78 is 67.6. The van der Waals surface area contributed by atoms with Crippen LogP contribution in [0.5, 0.6) is 5.75 Å². The Kier molecular flexibility index (Phi) is 7.79. The molecule has 174 valence electrons. The zero-order valence-corrected chi connectivity index (χ0v) is 17.3. The lowest BCUT2D eigenvalue weighted by Crippen LogP contribution is -2.46. The van der Waals surface area contributed by atoms with Crippen molar-refractivity contribution < 1.29 is 26.7 Å². The van der Waals surface area contributed by atoms with Gasteiger partial charge in [-0.3, -0.25) is 9.89 Å². The number of rotatable bonds is 7. The topological polar surface area (TPSA) is 52.1 Å². The molecule has 1 aromatic carbocycles. The van der Waals surface area contributed by atoms with Gasteiger partial charge in [0, 0.05) is 39.3 Å². The summed E-state index contributed by atoms with van der Waals surface area (Å²) in [6, 6.07) is 6.75. The van der Waals surface area contributed by atoms with Gasteiger partial charge in [0.05, 0.1) is 12.2 Å². The number of aliphatic imine (C=N–C) groups is 1. The molecule has 2 saturated heterocycles. The second-order valence-corrected chi connectivity index (χ2v) is 7.88. The maximum Gasteiger partial charge on any atom is 0.401 e. The van der Waals surface area contributed by atoms with Crippen molar-refractivity contribution in [2.45, 2.75) is 31.7 Å². The van der Waals surface area contributed by atoms with Crippen molar-refractivity contribution in [3.63, 3.8) is 0 Å². The minimum atomic E-state index is -4.17. The zero-order valence-electron chi connectivity index (χ0n) is 17.3. The van der Waals surface area contributed by atoms with Crippen LogP contribution in [0.25, 0.3) is 0 Å². The Hall–Kier alpha value is -2.30. The third-order valence-electron chi connectivity index (χ3n) is 5.51. The fourth-order valence-corrected chi connectivity index (χ4v) is 4.12. The molecule has 31 heavy (non-hydrogen) atoms. The molecule has 0 spiro atoms. The van der Waals surface area contributed by atoms with Gasteiger partial charge in [0.2, 0.25) is 0 Å². The molecular formula is C20H28F5N5O. The van der Waals surface area contributed by atoms with Crippen LogP contribution in [0.15, 0.2) is 29.3 Å². The highest BCUT2D eigenvalue weighted by Crippen LogP contribution is 2.31. The van der Waals surface area contributed by atoms with Crippen molar-refractivity contribution >= 4 is 11.6 Å². The molecule has 0 amide bonds. The summed E-state index contributed by atoms with van der Waals surface area (Å²) in [6.45, 7) is -1.11. The summed E-state index contributed by atoms with van der Waals surface area (Å²) in [4.78, 5) is 7.61. The average Bonchev–Trinajstić information content (AvgIpc) is 3.33. The highest BCUT2D eigenvalue weighted by molar-refractivity contribution is 5.80. The van der Waals surface area contributed by atoms with Crippen LogP contribution >= 0.6 is 0 Å². The van der Waals surface area contributed by atoms with E-state index in [1.54, 1.807) is 25.2 Å². The summed E-state index contributed by atoms with van der Waals surface area (Å²) in [5.41, 5.74) is 0.616. The van der Waals surface area contributed by atoms with E-state index in [4.69, 9.17) is 0 Å². The van der Waals surface area contributed by atoms with Gasteiger partial charge in [0.25, 0.3) is 0 Å². The van der Waals surface area contributed by atoms with Crippen molar-refractivity contribution in [1.82, 2.24) is 15.5 Å². The number of ether oxygens (including phenoxy) is 1. The highest BCUT2D eigenvalue weighted by Gasteiger charge is 2.34. The minimum Gasteiger partial charge on any atom is -0.433 e. The van der Waals surface area contributed by atoms with Crippen molar-refractivity contribution in [3.05, 3.63) is 24.3 Å². The van der Waals surface area contributed by atoms with E-state index >= 15 is 0 Å². The van der Waals surface area contributed by atoms with Gasteiger partial charge in [-0.15, -0.1) is 0 Å². The molecule has 1 aromatic rings. The SMILES string of the molecule is CN=C(NCC1CCN(CC(F)(F)F)C1)NC1CCN(c2ccccc2OC(F)F)C1. The smallest absolute Gasteiger partial charge is 0.401 e. The number of guanidine groups is 1. The number of anilines is 1. The lowest BCUT2D eigenvalue weighted by atomic mass is 10.1. The number of benzene rings is 1. The van der Waals surface area contributed by atoms with E-state index in [2.05, 4.69) is 20.4 Å². The monoisotopic (exact) mass is 449 g/mol. The van der Waals surface area contributed by atoms with E-state index in [9.17, 15) is 22.0 Å². The summed E-state index contributed by atoms with van der Waals surface area (Å²) >= 11 is 0. The maximum atomic E-state index is 12.7. The Balaban J connectivity index is 1.46. The number of nitrogens with zero attached hydrogens (tertiary/aromatic N) is 3. The van der Waals surface area contributed by atoms with Gasteiger partial charge in [-0.25, -0.2) is 0 Å². The van der Waals surface area contributed by atoms with Crippen LogP contribution in [0.1, 0.15) is 12.8 Å². The van der Waals surface area contributed by atoms with Gasteiger partial charge in [0.1, 0.15) is 5.75 Å². The molecule has 2 heterocycles. The molecule has 0 saturated carbocycles. The second-order valence-electron chi connectivity index (χ2n) is 7.88. The predicted octanol–water partition coefficient (Wildman–Crippen LogP) is 2.92. The van der Waals surface area contributed by atoms with E-state index in [1.807, 2.05) is 4.90 Å². The standard InChI is InChI=1S/C20H28F5N5O/c1-26-19(27-10-14-6-8-29(11-14)13-20(23,24)25)28-15-7-9-30(12-15)16-4-2-3-5-17(16)31-18(21)22/h2-5,14-15,18H,6-13H2,1H3,(H2,26,27,28). The predicted molar refractivity (Wildman–Crippen MR) is 109 cm³/mol. The van der Waals surface area contributed by atoms with Crippen molar-refractivity contribution in [2.75, 3.05) is 51.2 Å². The number of likely N-dealkylation sites (tertiary alicyclic amines) is 1. The summed E-state index contributed by atoms with van der Waals surface area (Å²) in [5, 5.41) is 6.52. The first-order valence-electron chi connectivity index (χ1n) is 10.3. The lowest BCUT2D eigenvalue weighted by Gasteiger charge is -2.23. The third-order valence-corrected chi connectivity index (χ3v) is 5.51. The van der Waals surface area contributed by atoms with Crippen molar-refractivity contribution in [1.29, 1.82) is 0 Å². The molecule has 3 rings (SSSR count). The Labute approximate surface area is 178 Å². The zero-order chi connectivity index (χ0) is 22.4. The van der Waals surface area contributed by atoms with E-state index in [0.29, 0.717) is 50.8 Å². The van der Waals surface area contributed by atoms with E-state index < -0.39 is 19.3 Å². The van der Waals surface area contributed by atoms with Crippen LogP contribution in [0.2, 0.25) is 0 Å². The number of hydrogen-bond donors (Lipinski definition) is 2. The number of halogens is 5. The molecule has 6 nitrogen and oxygen atoms in total. The highest BCUT2D eigenvalue weighted by atomic mass is 19.4. The average molecular weight is 449 g/mol. The normalized spacial score (nSPS) is 22.9. The molecule has 0 bridgehead atoms. The fraction of sp³-hybridized carbons (Fsp3) is 0.650. The Morgan fingerprint density at radius 2 is 1.97 bits per heavy atom. The number of hydrogen-bond acceptors (Lipinski definition) is 4. The van der Waals surface area contributed by atoms with Gasteiger partial charge >= 0.3 is 12.8 Å².